The highest BCUT2D eigenvalue weighted by atomic mass is 19.1. The first-order chi connectivity index (χ1) is 8.60. The van der Waals surface area contributed by atoms with E-state index in [4.69, 9.17) is 10.5 Å². The lowest BCUT2D eigenvalue weighted by atomic mass is 10.2. The van der Waals surface area contributed by atoms with Crippen LogP contribution in [0, 0.1) is 19.7 Å². The maximum absolute atomic E-state index is 13.7. The molecule has 0 aliphatic carbocycles. The molecule has 0 atom stereocenters. The summed E-state index contributed by atoms with van der Waals surface area (Å²) in [5.74, 6) is -0.0692. The van der Waals surface area contributed by atoms with Crippen LogP contribution in [-0.4, -0.2) is 9.97 Å². The van der Waals surface area contributed by atoms with Gasteiger partial charge in [0.25, 0.3) is 0 Å². The third kappa shape index (κ3) is 2.62. The lowest BCUT2D eigenvalue weighted by Crippen LogP contribution is -1.99. The molecular formula is C13H14FN3O. The van der Waals surface area contributed by atoms with Gasteiger partial charge >= 0.3 is 0 Å². The lowest BCUT2D eigenvalue weighted by molar-refractivity contribution is 0.423. The molecule has 1 aromatic carbocycles. The molecule has 2 N–H and O–H groups in total. The summed E-state index contributed by atoms with van der Waals surface area (Å²) in [6.45, 7) is 3.96. The molecular weight excluding hydrogens is 233 g/mol. The molecule has 0 spiro atoms. The zero-order chi connectivity index (χ0) is 13.1. The van der Waals surface area contributed by atoms with Crippen molar-refractivity contribution in [2.45, 2.75) is 20.4 Å². The molecule has 0 saturated heterocycles. The molecule has 18 heavy (non-hydrogen) atoms. The minimum absolute atomic E-state index is 0.116. The summed E-state index contributed by atoms with van der Waals surface area (Å²) in [5, 5.41) is 0. The number of nitrogens with two attached hydrogens (primary N) is 1. The number of aryl methyl sites for hydroxylation is 2. The Morgan fingerprint density at radius 3 is 2.67 bits per heavy atom. The zero-order valence-corrected chi connectivity index (χ0v) is 10.3. The van der Waals surface area contributed by atoms with Crippen molar-refractivity contribution in [2.24, 2.45) is 5.73 Å². The molecule has 2 aromatic rings. The van der Waals surface area contributed by atoms with Gasteiger partial charge in [-0.25, -0.2) is 9.37 Å². The quantitative estimate of drug-likeness (QED) is 0.905. The third-order valence-electron chi connectivity index (χ3n) is 2.62. The van der Waals surface area contributed by atoms with Gasteiger partial charge < -0.3 is 10.5 Å². The molecule has 0 radical (unpaired) electrons. The maximum Gasteiger partial charge on any atom is 0.238 e. The predicted octanol–water partition coefficient (Wildman–Crippen LogP) is 2.48. The van der Waals surface area contributed by atoms with Crippen molar-refractivity contribution in [3.05, 3.63) is 47.2 Å². The number of rotatable bonds is 3. The molecule has 0 aliphatic rings. The second kappa shape index (κ2) is 5.10. The van der Waals surface area contributed by atoms with Crippen LogP contribution in [0.3, 0.4) is 0 Å². The Hall–Kier alpha value is -2.01. The van der Waals surface area contributed by atoms with E-state index in [1.54, 1.807) is 6.07 Å². The van der Waals surface area contributed by atoms with Gasteiger partial charge in [-0.3, -0.25) is 4.98 Å². The molecule has 94 valence electrons. The second-order valence-corrected chi connectivity index (χ2v) is 3.95. The Morgan fingerprint density at radius 1 is 1.28 bits per heavy atom. The Bertz CT molecular complexity index is 572. The van der Waals surface area contributed by atoms with Gasteiger partial charge in [-0.1, -0.05) is 6.07 Å². The molecule has 0 fully saturated rings. The molecule has 2 rings (SSSR count). The topological polar surface area (TPSA) is 61.0 Å². The Labute approximate surface area is 105 Å². The van der Waals surface area contributed by atoms with E-state index in [1.807, 2.05) is 13.8 Å². The summed E-state index contributed by atoms with van der Waals surface area (Å²) < 4.78 is 19.0. The van der Waals surface area contributed by atoms with Crippen molar-refractivity contribution < 1.29 is 9.13 Å². The minimum Gasteiger partial charge on any atom is -0.434 e. The standard InChI is InChI=1S/C13H14FN3O/c1-8-9(2)17-13(7-16-8)18-12-4-3-10(6-15)5-11(12)14/h3-5,7H,6,15H2,1-2H3. The number of hydrogen-bond donors (Lipinski definition) is 1. The van der Waals surface area contributed by atoms with Crippen LogP contribution >= 0.6 is 0 Å². The van der Waals surface area contributed by atoms with E-state index in [0.29, 0.717) is 12.1 Å². The van der Waals surface area contributed by atoms with Crippen molar-refractivity contribution in [2.75, 3.05) is 0 Å². The summed E-state index contributed by atoms with van der Waals surface area (Å²) in [5.41, 5.74) is 7.72. The van der Waals surface area contributed by atoms with Gasteiger partial charge in [0.15, 0.2) is 11.6 Å². The van der Waals surface area contributed by atoms with Crippen LogP contribution in [0.5, 0.6) is 11.6 Å². The smallest absolute Gasteiger partial charge is 0.238 e. The van der Waals surface area contributed by atoms with Crippen molar-refractivity contribution in [3.8, 4) is 11.6 Å². The predicted molar refractivity (Wildman–Crippen MR) is 65.9 cm³/mol. The maximum atomic E-state index is 13.7. The molecule has 0 saturated carbocycles. The highest BCUT2D eigenvalue weighted by molar-refractivity contribution is 5.32. The number of hydrogen-bond acceptors (Lipinski definition) is 4. The van der Waals surface area contributed by atoms with Gasteiger partial charge in [-0.15, -0.1) is 0 Å². The van der Waals surface area contributed by atoms with Crippen LogP contribution < -0.4 is 10.5 Å². The van der Waals surface area contributed by atoms with Gasteiger partial charge in [0.1, 0.15) is 0 Å². The van der Waals surface area contributed by atoms with Crippen LogP contribution in [0.15, 0.2) is 24.4 Å². The molecule has 0 unspecified atom stereocenters. The van der Waals surface area contributed by atoms with Gasteiger partial charge in [0.2, 0.25) is 5.88 Å². The van der Waals surface area contributed by atoms with Gasteiger partial charge in [0.05, 0.1) is 17.6 Å². The van der Waals surface area contributed by atoms with Crippen LogP contribution in [0.4, 0.5) is 4.39 Å². The minimum atomic E-state index is -0.460. The Balaban J connectivity index is 2.25. The van der Waals surface area contributed by atoms with E-state index in [2.05, 4.69) is 9.97 Å². The highest BCUT2D eigenvalue weighted by Gasteiger charge is 2.07. The number of benzene rings is 1. The Kier molecular flexibility index (Phi) is 3.53. The molecule has 0 amide bonds. The first kappa shape index (κ1) is 12.4. The summed E-state index contributed by atoms with van der Waals surface area (Å²) >= 11 is 0. The average Bonchev–Trinajstić information content (AvgIpc) is 2.36. The molecule has 5 heteroatoms. The molecule has 1 aromatic heterocycles. The fourth-order valence-corrected chi connectivity index (χ4v) is 1.44. The van der Waals surface area contributed by atoms with Crippen LogP contribution in [-0.2, 0) is 6.54 Å². The molecule has 1 heterocycles. The van der Waals surface area contributed by atoms with E-state index in [1.165, 1.54) is 18.3 Å². The highest BCUT2D eigenvalue weighted by Crippen LogP contribution is 2.23. The van der Waals surface area contributed by atoms with Crippen molar-refractivity contribution in [3.63, 3.8) is 0 Å². The zero-order valence-electron chi connectivity index (χ0n) is 10.3. The van der Waals surface area contributed by atoms with Crippen molar-refractivity contribution in [1.82, 2.24) is 9.97 Å². The number of halogens is 1. The average molecular weight is 247 g/mol. The largest absolute Gasteiger partial charge is 0.434 e. The second-order valence-electron chi connectivity index (χ2n) is 3.95. The first-order valence-electron chi connectivity index (χ1n) is 5.56. The summed E-state index contributed by atoms with van der Waals surface area (Å²) in [6.07, 6.45) is 1.47. The molecule has 4 nitrogen and oxygen atoms in total. The Morgan fingerprint density at radius 2 is 2.06 bits per heavy atom. The summed E-state index contributed by atoms with van der Waals surface area (Å²) in [7, 11) is 0. The number of aromatic nitrogens is 2. The first-order valence-corrected chi connectivity index (χ1v) is 5.56. The van der Waals surface area contributed by atoms with Crippen LogP contribution in [0.25, 0.3) is 0 Å². The number of ether oxygens (including phenoxy) is 1. The SMILES string of the molecule is Cc1ncc(Oc2ccc(CN)cc2F)nc1C. The van der Waals surface area contributed by atoms with Crippen LogP contribution in [0.2, 0.25) is 0 Å². The van der Waals surface area contributed by atoms with E-state index < -0.39 is 5.82 Å². The van der Waals surface area contributed by atoms with E-state index >= 15 is 0 Å². The van der Waals surface area contributed by atoms with E-state index in [0.717, 1.165) is 11.4 Å². The fraction of sp³-hybridized carbons (Fsp3) is 0.231. The lowest BCUT2D eigenvalue weighted by Gasteiger charge is -2.08. The van der Waals surface area contributed by atoms with Crippen LogP contribution in [0.1, 0.15) is 17.0 Å². The fourth-order valence-electron chi connectivity index (χ4n) is 1.44. The van der Waals surface area contributed by atoms with E-state index in [-0.39, 0.29) is 11.6 Å². The number of nitrogens with zero attached hydrogens (tertiary/aromatic N) is 2. The third-order valence-corrected chi connectivity index (χ3v) is 2.62. The van der Waals surface area contributed by atoms with Gasteiger partial charge in [0, 0.05) is 6.54 Å². The van der Waals surface area contributed by atoms with Crippen molar-refractivity contribution in [1.29, 1.82) is 0 Å². The molecule has 0 bridgehead atoms. The summed E-state index contributed by atoms with van der Waals surface area (Å²) in [4.78, 5) is 8.28. The van der Waals surface area contributed by atoms with Gasteiger partial charge in [-0.05, 0) is 31.5 Å². The van der Waals surface area contributed by atoms with E-state index in [9.17, 15) is 4.39 Å². The normalized spacial score (nSPS) is 10.4. The monoisotopic (exact) mass is 247 g/mol. The summed E-state index contributed by atoms with van der Waals surface area (Å²) in [6, 6.07) is 4.60. The van der Waals surface area contributed by atoms with Gasteiger partial charge in [-0.2, -0.15) is 0 Å². The van der Waals surface area contributed by atoms with Crippen molar-refractivity contribution >= 4 is 0 Å². The molecule has 0 aliphatic heterocycles.